The lowest BCUT2D eigenvalue weighted by atomic mass is 10.2. The Labute approximate surface area is 89.2 Å². The zero-order chi connectivity index (χ0) is 9.80. The van der Waals surface area contributed by atoms with Gasteiger partial charge in [-0.2, -0.15) is 0 Å². The summed E-state index contributed by atoms with van der Waals surface area (Å²) in [5.41, 5.74) is 2.79. The molecule has 0 aromatic heterocycles. The summed E-state index contributed by atoms with van der Waals surface area (Å²) in [6.07, 6.45) is 1.02. The van der Waals surface area contributed by atoms with Crippen molar-refractivity contribution in [1.29, 1.82) is 0 Å². The molecule has 1 aliphatic heterocycles. The van der Waals surface area contributed by atoms with Gasteiger partial charge in [0, 0.05) is 5.75 Å². The second kappa shape index (κ2) is 4.67. The Hall–Kier alpha value is -0.730. The van der Waals surface area contributed by atoms with E-state index in [9.17, 15) is 0 Å². The highest BCUT2D eigenvalue weighted by molar-refractivity contribution is 7.99. The molecule has 1 nitrogen and oxygen atoms in total. The van der Waals surface area contributed by atoms with Crippen LogP contribution in [0.25, 0.3) is 0 Å². The summed E-state index contributed by atoms with van der Waals surface area (Å²) in [5, 5.41) is 0. The van der Waals surface area contributed by atoms with Crippen molar-refractivity contribution in [3.8, 4) is 0 Å². The van der Waals surface area contributed by atoms with Crippen LogP contribution < -0.4 is 0 Å². The summed E-state index contributed by atoms with van der Waals surface area (Å²) in [7, 11) is 0. The normalized spacial score (nSPS) is 21.4. The fourth-order valence-corrected chi connectivity index (χ4v) is 2.53. The summed E-state index contributed by atoms with van der Waals surface area (Å²) in [6.45, 7) is 4.84. The molecule has 1 unspecified atom stereocenters. The Morgan fingerprint density at radius 3 is 2.79 bits per heavy atom. The van der Waals surface area contributed by atoms with Crippen LogP contribution >= 0.6 is 11.8 Å². The summed E-state index contributed by atoms with van der Waals surface area (Å²) in [4.78, 5) is 0. The summed E-state index contributed by atoms with van der Waals surface area (Å²) in [5.74, 6) is 1.00. The third-order valence-corrected chi connectivity index (χ3v) is 3.54. The lowest BCUT2D eigenvalue weighted by Gasteiger charge is -2.09. The Balaban J connectivity index is 1.85. The van der Waals surface area contributed by atoms with E-state index in [0.29, 0.717) is 0 Å². The van der Waals surface area contributed by atoms with Gasteiger partial charge in [0.05, 0.1) is 6.61 Å². The Bertz CT molecular complexity index is 307. The zero-order valence-corrected chi connectivity index (χ0v) is 8.93. The number of rotatable bonds is 3. The molecule has 2 heteroatoms. The van der Waals surface area contributed by atoms with Crippen molar-refractivity contribution in [1.82, 2.24) is 0 Å². The van der Waals surface area contributed by atoms with Crippen LogP contribution in [0.4, 0.5) is 0 Å². The highest BCUT2D eigenvalue weighted by Crippen LogP contribution is 2.30. The van der Waals surface area contributed by atoms with Crippen LogP contribution in [-0.4, -0.2) is 12.0 Å². The fourth-order valence-electron chi connectivity index (χ4n) is 1.44. The van der Waals surface area contributed by atoms with Gasteiger partial charge in [-0.15, -0.1) is 11.8 Å². The van der Waals surface area contributed by atoms with Crippen LogP contribution in [0.1, 0.15) is 12.0 Å². The molecule has 1 saturated heterocycles. The van der Waals surface area contributed by atoms with Crippen LogP contribution in [0.15, 0.2) is 42.5 Å². The maximum Gasteiger partial charge on any atom is 0.124 e. The number of thioether (sulfide) groups is 1. The van der Waals surface area contributed by atoms with E-state index in [1.807, 2.05) is 17.8 Å². The maximum atomic E-state index is 5.55. The van der Waals surface area contributed by atoms with E-state index in [4.69, 9.17) is 4.74 Å². The van der Waals surface area contributed by atoms with Gasteiger partial charge in [-0.3, -0.25) is 0 Å². The van der Waals surface area contributed by atoms with Crippen molar-refractivity contribution in [2.45, 2.75) is 17.6 Å². The average molecular weight is 206 g/mol. The molecule has 14 heavy (non-hydrogen) atoms. The standard InChI is InChI=1S/C12H14OS/c1-10-7-8-13-12(10)14-9-11-5-3-2-4-6-11/h2-6,12H,1,7-9H2. The van der Waals surface area contributed by atoms with Crippen LogP contribution in [0, 0.1) is 0 Å². The minimum absolute atomic E-state index is 0.218. The van der Waals surface area contributed by atoms with Crippen molar-refractivity contribution < 1.29 is 4.74 Å². The minimum Gasteiger partial charge on any atom is -0.363 e. The van der Waals surface area contributed by atoms with Crippen molar-refractivity contribution >= 4 is 11.8 Å². The van der Waals surface area contributed by atoms with Crippen LogP contribution in [0.3, 0.4) is 0 Å². The molecule has 0 N–H and O–H groups in total. The first-order valence-electron chi connectivity index (χ1n) is 4.81. The lowest BCUT2D eigenvalue weighted by molar-refractivity contribution is 0.182. The van der Waals surface area contributed by atoms with Gasteiger partial charge < -0.3 is 4.74 Å². The predicted octanol–water partition coefficient (Wildman–Crippen LogP) is 3.22. The average Bonchev–Trinajstić information content (AvgIpc) is 2.63. The molecular formula is C12H14OS. The van der Waals surface area contributed by atoms with Gasteiger partial charge in [0.25, 0.3) is 0 Å². The van der Waals surface area contributed by atoms with Gasteiger partial charge in [-0.1, -0.05) is 36.9 Å². The van der Waals surface area contributed by atoms with Crippen LogP contribution in [0.5, 0.6) is 0 Å². The van der Waals surface area contributed by atoms with Gasteiger partial charge in [-0.25, -0.2) is 0 Å². The van der Waals surface area contributed by atoms with E-state index in [1.165, 1.54) is 11.1 Å². The first-order valence-corrected chi connectivity index (χ1v) is 5.86. The quantitative estimate of drug-likeness (QED) is 0.702. The maximum absolute atomic E-state index is 5.55. The van der Waals surface area contributed by atoms with E-state index in [2.05, 4.69) is 30.8 Å². The first-order chi connectivity index (χ1) is 6.86. The topological polar surface area (TPSA) is 9.23 Å². The molecule has 0 radical (unpaired) electrons. The van der Waals surface area contributed by atoms with E-state index < -0.39 is 0 Å². The molecule has 1 heterocycles. The highest BCUT2D eigenvalue weighted by Gasteiger charge is 2.19. The first kappa shape index (κ1) is 9.81. The van der Waals surface area contributed by atoms with E-state index in [-0.39, 0.29) is 5.44 Å². The van der Waals surface area contributed by atoms with Gasteiger partial charge in [0.1, 0.15) is 5.44 Å². The third-order valence-electron chi connectivity index (χ3n) is 2.27. The van der Waals surface area contributed by atoms with Crippen LogP contribution in [0.2, 0.25) is 0 Å². The Morgan fingerprint density at radius 2 is 2.14 bits per heavy atom. The van der Waals surface area contributed by atoms with Crippen LogP contribution in [-0.2, 0) is 10.5 Å². The van der Waals surface area contributed by atoms with Crippen molar-refractivity contribution in [3.05, 3.63) is 48.0 Å². The van der Waals surface area contributed by atoms with Crippen molar-refractivity contribution in [3.63, 3.8) is 0 Å². The fraction of sp³-hybridized carbons (Fsp3) is 0.333. The summed E-state index contributed by atoms with van der Waals surface area (Å²) >= 11 is 1.82. The molecule has 1 fully saturated rings. The molecule has 74 valence electrons. The summed E-state index contributed by atoms with van der Waals surface area (Å²) < 4.78 is 5.55. The second-order valence-corrected chi connectivity index (χ2v) is 4.46. The van der Waals surface area contributed by atoms with E-state index in [0.717, 1.165) is 18.8 Å². The molecule has 1 aromatic carbocycles. The molecular weight excluding hydrogens is 192 g/mol. The lowest BCUT2D eigenvalue weighted by Crippen LogP contribution is -2.01. The molecule has 0 bridgehead atoms. The molecule has 0 amide bonds. The molecule has 1 aromatic rings. The Morgan fingerprint density at radius 1 is 1.36 bits per heavy atom. The largest absolute Gasteiger partial charge is 0.363 e. The molecule has 0 aliphatic carbocycles. The van der Waals surface area contributed by atoms with E-state index >= 15 is 0 Å². The van der Waals surface area contributed by atoms with Gasteiger partial charge >= 0.3 is 0 Å². The minimum atomic E-state index is 0.218. The zero-order valence-electron chi connectivity index (χ0n) is 8.11. The molecule has 1 atom stereocenters. The van der Waals surface area contributed by atoms with Gasteiger partial charge in [0.2, 0.25) is 0 Å². The highest BCUT2D eigenvalue weighted by atomic mass is 32.2. The van der Waals surface area contributed by atoms with Crippen molar-refractivity contribution in [2.75, 3.05) is 6.61 Å². The van der Waals surface area contributed by atoms with Gasteiger partial charge in [-0.05, 0) is 17.6 Å². The number of hydrogen-bond donors (Lipinski definition) is 0. The predicted molar refractivity (Wildman–Crippen MR) is 61.2 cm³/mol. The summed E-state index contributed by atoms with van der Waals surface area (Å²) in [6, 6.07) is 10.5. The molecule has 0 spiro atoms. The van der Waals surface area contributed by atoms with Crippen molar-refractivity contribution in [2.24, 2.45) is 0 Å². The number of ether oxygens (including phenoxy) is 1. The smallest absolute Gasteiger partial charge is 0.124 e. The van der Waals surface area contributed by atoms with E-state index in [1.54, 1.807) is 0 Å². The number of hydrogen-bond acceptors (Lipinski definition) is 2. The molecule has 2 rings (SSSR count). The second-order valence-electron chi connectivity index (χ2n) is 3.41. The molecule has 0 saturated carbocycles. The van der Waals surface area contributed by atoms with Gasteiger partial charge in [0.15, 0.2) is 0 Å². The third kappa shape index (κ3) is 2.40. The SMILES string of the molecule is C=C1CCOC1SCc1ccccc1. The Kier molecular flexibility index (Phi) is 3.27. The monoisotopic (exact) mass is 206 g/mol. The number of benzene rings is 1. The molecule has 1 aliphatic rings.